The molecule has 0 radical (unpaired) electrons. The van der Waals surface area contributed by atoms with E-state index in [-0.39, 0.29) is 24.8 Å². The third kappa shape index (κ3) is 2.19. The van der Waals surface area contributed by atoms with Crippen LogP contribution in [0.2, 0.25) is 0 Å². The highest BCUT2D eigenvalue weighted by molar-refractivity contribution is 6.01. The summed E-state index contributed by atoms with van der Waals surface area (Å²) < 4.78 is 32.1. The van der Waals surface area contributed by atoms with Gasteiger partial charge in [-0.25, -0.2) is 8.78 Å². The first-order valence-electron chi connectivity index (χ1n) is 10.2. The summed E-state index contributed by atoms with van der Waals surface area (Å²) in [4.78, 5) is 24.3. The van der Waals surface area contributed by atoms with Gasteiger partial charge >= 0.3 is 0 Å². The monoisotopic (exact) mass is 410 g/mol. The molecule has 9 atom stereocenters. The molecule has 3 fully saturated rings. The minimum atomic E-state index is -2.24. The molecular weight excluding hydrogens is 382 g/mol. The molecule has 0 spiro atoms. The molecule has 4 rings (SSSR count). The highest BCUT2D eigenvalue weighted by atomic mass is 19.1. The SMILES string of the molecule is C[C@H]1C[C@H]2[C@@H]3C[C@H](F)C4=CC(=O)C=C[C@]4(C)[C@]3(F)[C@@H](O)C[C@]2(C)C1(O)C(=O)CO. The number of ketones is 2. The maximum absolute atomic E-state index is 16.9. The number of aliphatic hydroxyl groups excluding tert-OH is 2. The molecule has 0 saturated heterocycles. The van der Waals surface area contributed by atoms with E-state index in [0.717, 1.165) is 6.08 Å². The molecule has 0 aromatic heterocycles. The van der Waals surface area contributed by atoms with Crippen molar-refractivity contribution in [3.05, 3.63) is 23.8 Å². The van der Waals surface area contributed by atoms with Crippen LogP contribution in [-0.2, 0) is 9.59 Å². The maximum atomic E-state index is 16.9. The quantitative estimate of drug-likeness (QED) is 0.646. The first-order valence-corrected chi connectivity index (χ1v) is 10.2. The molecule has 0 aromatic carbocycles. The summed E-state index contributed by atoms with van der Waals surface area (Å²) in [7, 11) is 0. The van der Waals surface area contributed by atoms with Crippen LogP contribution in [-0.4, -0.2) is 57.0 Å². The predicted octanol–water partition coefficient (Wildman–Crippen LogP) is 1.84. The molecule has 0 aromatic rings. The lowest BCUT2D eigenvalue weighted by Crippen LogP contribution is -2.70. The van der Waals surface area contributed by atoms with E-state index < -0.39 is 70.3 Å². The van der Waals surface area contributed by atoms with E-state index in [2.05, 4.69) is 0 Å². The van der Waals surface area contributed by atoms with Gasteiger partial charge in [-0.05, 0) is 55.7 Å². The standard InChI is InChI=1S/C22H28F2O5/c1-11-6-13-14-8-16(23)15-7-12(26)4-5-19(15,2)21(14,24)17(27)9-20(13,3)22(11,29)18(28)10-25/h4-5,7,11,13-14,16-17,25,27,29H,6,8-10H2,1-3H3/t11-,13-,14-,16-,17-,19-,20-,21+,22?/m0/s1. The number of halogens is 2. The van der Waals surface area contributed by atoms with E-state index in [1.807, 2.05) is 0 Å². The Kier molecular flexibility index (Phi) is 4.34. The second kappa shape index (κ2) is 6.05. The molecule has 4 aliphatic carbocycles. The Bertz CT molecular complexity index is 839. The molecule has 5 nitrogen and oxygen atoms in total. The topological polar surface area (TPSA) is 94.8 Å². The molecule has 29 heavy (non-hydrogen) atoms. The Hall–Kier alpha value is -1.44. The van der Waals surface area contributed by atoms with Crippen molar-refractivity contribution in [2.24, 2.45) is 28.6 Å². The normalized spacial score (nSPS) is 53.7. The van der Waals surface area contributed by atoms with Crippen molar-refractivity contribution >= 4 is 11.6 Å². The third-order valence-electron chi connectivity index (χ3n) is 8.78. The summed E-state index contributed by atoms with van der Waals surface area (Å²) in [6.45, 7) is 3.96. The fourth-order valence-corrected chi connectivity index (χ4v) is 7.25. The van der Waals surface area contributed by atoms with Gasteiger partial charge in [-0.1, -0.05) is 19.9 Å². The van der Waals surface area contributed by atoms with Crippen molar-refractivity contribution < 1.29 is 33.7 Å². The lowest BCUT2D eigenvalue weighted by atomic mass is 9.44. The van der Waals surface area contributed by atoms with Gasteiger partial charge in [0.1, 0.15) is 18.4 Å². The van der Waals surface area contributed by atoms with Crippen LogP contribution >= 0.6 is 0 Å². The van der Waals surface area contributed by atoms with Gasteiger partial charge in [-0.2, -0.15) is 0 Å². The fraction of sp³-hybridized carbons (Fsp3) is 0.727. The second-order valence-electron chi connectivity index (χ2n) is 9.84. The third-order valence-corrected chi connectivity index (χ3v) is 8.78. The number of carbonyl (C=O) groups is 2. The van der Waals surface area contributed by atoms with E-state index in [9.17, 15) is 24.9 Å². The molecule has 1 unspecified atom stereocenters. The number of Topliss-reactive ketones (excluding diaryl/α,β-unsaturated/α-hetero) is 1. The number of carbonyl (C=O) groups excluding carboxylic acids is 2. The summed E-state index contributed by atoms with van der Waals surface area (Å²) in [6.07, 6.45) is 0.427. The lowest BCUT2D eigenvalue weighted by Gasteiger charge is -2.63. The molecule has 0 bridgehead atoms. The number of hydrogen-bond acceptors (Lipinski definition) is 5. The largest absolute Gasteiger partial charge is 0.390 e. The summed E-state index contributed by atoms with van der Waals surface area (Å²) in [5, 5.41) is 31.9. The predicted molar refractivity (Wildman–Crippen MR) is 100 cm³/mol. The van der Waals surface area contributed by atoms with Crippen LogP contribution in [0.3, 0.4) is 0 Å². The molecule has 0 aliphatic heterocycles. The van der Waals surface area contributed by atoms with Crippen LogP contribution in [0.5, 0.6) is 0 Å². The van der Waals surface area contributed by atoms with Gasteiger partial charge in [-0.15, -0.1) is 0 Å². The summed E-state index contributed by atoms with van der Waals surface area (Å²) >= 11 is 0. The van der Waals surface area contributed by atoms with Gasteiger partial charge in [-0.3, -0.25) is 9.59 Å². The van der Waals surface area contributed by atoms with Gasteiger partial charge in [0.2, 0.25) is 0 Å². The van der Waals surface area contributed by atoms with Crippen LogP contribution in [0, 0.1) is 28.6 Å². The van der Waals surface area contributed by atoms with Gasteiger partial charge in [0.15, 0.2) is 17.2 Å². The molecule has 0 heterocycles. The summed E-state index contributed by atoms with van der Waals surface area (Å²) in [5.41, 5.74) is -6.81. The maximum Gasteiger partial charge on any atom is 0.190 e. The highest BCUT2D eigenvalue weighted by Gasteiger charge is 2.76. The van der Waals surface area contributed by atoms with Crippen molar-refractivity contribution in [1.82, 2.24) is 0 Å². The van der Waals surface area contributed by atoms with Gasteiger partial charge in [0.25, 0.3) is 0 Å². The summed E-state index contributed by atoms with van der Waals surface area (Å²) in [5.74, 6) is -3.24. The second-order valence-corrected chi connectivity index (χ2v) is 9.84. The summed E-state index contributed by atoms with van der Waals surface area (Å²) in [6, 6.07) is 0. The average molecular weight is 410 g/mol. The van der Waals surface area contributed by atoms with Crippen LogP contribution in [0.4, 0.5) is 8.78 Å². The molecule has 0 amide bonds. The molecule has 7 heteroatoms. The molecule has 3 saturated carbocycles. The smallest absolute Gasteiger partial charge is 0.190 e. The van der Waals surface area contributed by atoms with Gasteiger partial charge in [0.05, 0.1) is 6.10 Å². The van der Waals surface area contributed by atoms with E-state index >= 15 is 8.78 Å². The van der Waals surface area contributed by atoms with Crippen molar-refractivity contribution in [2.75, 3.05) is 6.61 Å². The highest BCUT2D eigenvalue weighted by Crippen LogP contribution is 2.70. The Morgan fingerprint density at radius 1 is 1.28 bits per heavy atom. The molecule has 160 valence electrons. The first kappa shape index (κ1) is 20.8. The minimum absolute atomic E-state index is 0.0409. The molecule has 4 aliphatic rings. The number of hydrogen-bond donors (Lipinski definition) is 3. The Balaban J connectivity index is 1.87. The zero-order valence-electron chi connectivity index (χ0n) is 16.9. The van der Waals surface area contributed by atoms with E-state index in [4.69, 9.17) is 0 Å². The molecular formula is C22H28F2O5. The minimum Gasteiger partial charge on any atom is -0.390 e. The van der Waals surface area contributed by atoms with Crippen LogP contribution in [0.1, 0.15) is 40.0 Å². The zero-order chi connectivity index (χ0) is 21.6. The number of alkyl halides is 2. The van der Waals surface area contributed by atoms with Crippen LogP contribution < -0.4 is 0 Å². The van der Waals surface area contributed by atoms with Crippen molar-refractivity contribution in [2.45, 2.75) is 63.6 Å². The number of aliphatic hydroxyl groups is 3. The average Bonchev–Trinajstić information content (AvgIpc) is 2.86. The van der Waals surface area contributed by atoms with Crippen molar-refractivity contribution in [3.63, 3.8) is 0 Å². The molecule has 3 N–H and O–H groups in total. The Morgan fingerprint density at radius 2 is 1.93 bits per heavy atom. The van der Waals surface area contributed by atoms with Crippen LogP contribution in [0.15, 0.2) is 23.8 Å². The Labute approximate surface area is 168 Å². The number of rotatable bonds is 2. The first-order chi connectivity index (χ1) is 13.4. The number of allylic oxidation sites excluding steroid dienone is 4. The van der Waals surface area contributed by atoms with Crippen LogP contribution in [0.25, 0.3) is 0 Å². The fourth-order valence-electron chi connectivity index (χ4n) is 7.25. The van der Waals surface area contributed by atoms with E-state index in [1.54, 1.807) is 13.8 Å². The van der Waals surface area contributed by atoms with Crippen molar-refractivity contribution in [1.29, 1.82) is 0 Å². The lowest BCUT2D eigenvalue weighted by molar-refractivity contribution is -0.223. The van der Waals surface area contributed by atoms with Gasteiger partial charge in [0, 0.05) is 16.7 Å². The zero-order valence-corrected chi connectivity index (χ0v) is 16.9. The Morgan fingerprint density at radius 3 is 2.55 bits per heavy atom. The van der Waals surface area contributed by atoms with E-state index in [1.165, 1.54) is 19.1 Å². The number of fused-ring (bicyclic) bond motifs is 5. The van der Waals surface area contributed by atoms with Crippen molar-refractivity contribution in [3.8, 4) is 0 Å². The van der Waals surface area contributed by atoms with E-state index in [0.29, 0.717) is 0 Å². The van der Waals surface area contributed by atoms with Gasteiger partial charge < -0.3 is 15.3 Å².